The van der Waals surface area contributed by atoms with Gasteiger partial charge in [-0.1, -0.05) is 43.2 Å². The minimum Gasteiger partial charge on any atom is -0.393 e. The van der Waals surface area contributed by atoms with Gasteiger partial charge in [-0.15, -0.1) is 0 Å². The largest absolute Gasteiger partial charge is 0.393 e. The van der Waals surface area contributed by atoms with E-state index in [0.717, 1.165) is 43.4 Å². The molecule has 0 bridgehead atoms. The third-order valence-electron chi connectivity index (χ3n) is 10.3. The molecular formula is C28H40N2O3S. The molecule has 0 saturated heterocycles. The summed E-state index contributed by atoms with van der Waals surface area (Å²) in [5.74, 6) is 2.35. The maximum absolute atomic E-state index is 12.8. The minimum atomic E-state index is -3.66. The number of aliphatic hydroxyl groups excluding tert-OH is 1. The Kier molecular flexibility index (Phi) is 6.00. The standard InChI is InChI=1S/C28H40N2O3S/c1-18-5-8-22(9-6-18)34(32,33)30-29-19(2)24-11-12-25-23-10-7-20-17-21(31)13-15-27(20,3)26(23)14-16-28(24,25)4/h5-9,21,23-26,30-31H,10-17H2,1-4H3. The number of sulfonamides is 1. The molecule has 0 heterocycles. The van der Waals surface area contributed by atoms with Gasteiger partial charge in [-0.05, 0) is 106 Å². The van der Waals surface area contributed by atoms with Gasteiger partial charge < -0.3 is 5.11 Å². The van der Waals surface area contributed by atoms with Crippen molar-refractivity contribution in [2.75, 3.05) is 0 Å². The van der Waals surface area contributed by atoms with Crippen LogP contribution in [0.2, 0.25) is 0 Å². The van der Waals surface area contributed by atoms with Crippen molar-refractivity contribution in [3.8, 4) is 0 Å². The normalized spacial score (nSPS) is 40.1. The van der Waals surface area contributed by atoms with E-state index in [0.29, 0.717) is 23.7 Å². The monoisotopic (exact) mass is 484 g/mol. The SMILES string of the molecule is CC(=NNS(=O)(=O)c1ccc(C)cc1)C1CCC2C3CC=C4CC(O)CCC4(C)C3CCC12C. The van der Waals surface area contributed by atoms with Gasteiger partial charge in [0.05, 0.1) is 11.0 Å². The zero-order valence-corrected chi connectivity index (χ0v) is 21.9. The first kappa shape index (κ1) is 24.1. The van der Waals surface area contributed by atoms with Crippen LogP contribution in [0.25, 0.3) is 0 Å². The maximum atomic E-state index is 12.8. The molecule has 3 saturated carbocycles. The number of hydrogen-bond donors (Lipinski definition) is 2. The molecule has 7 atom stereocenters. The summed E-state index contributed by atoms with van der Waals surface area (Å²) in [6.07, 6.45) is 11.0. The highest BCUT2D eigenvalue weighted by molar-refractivity contribution is 7.89. The van der Waals surface area contributed by atoms with Gasteiger partial charge in [-0.25, -0.2) is 4.83 Å². The molecule has 1 aromatic carbocycles. The molecule has 0 amide bonds. The average molecular weight is 485 g/mol. The van der Waals surface area contributed by atoms with E-state index in [1.807, 2.05) is 26.0 Å². The summed E-state index contributed by atoms with van der Waals surface area (Å²) in [5.41, 5.74) is 3.86. The van der Waals surface area contributed by atoms with Crippen LogP contribution >= 0.6 is 0 Å². The maximum Gasteiger partial charge on any atom is 0.276 e. The Balaban J connectivity index is 1.34. The van der Waals surface area contributed by atoms with Gasteiger partial charge in [-0.3, -0.25) is 0 Å². The van der Waals surface area contributed by atoms with E-state index in [4.69, 9.17) is 0 Å². The molecule has 0 radical (unpaired) electrons. The fourth-order valence-corrected chi connectivity index (χ4v) is 9.17. The third-order valence-corrected chi connectivity index (χ3v) is 11.5. The molecular weight excluding hydrogens is 444 g/mol. The molecule has 4 aliphatic carbocycles. The third kappa shape index (κ3) is 3.85. The topological polar surface area (TPSA) is 78.8 Å². The van der Waals surface area contributed by atoms with Gasteiger partial charge in [0.2, 0.25) is 0 Å². The lowest BCUT2D eigenvalue weighted by Crippen LogP contribution is -2.51. The molecule has 1 aromatic rings. The Morgan fingerprint density at radius 2 is 1.79 bits per heavy atom. The number of benzene rings is 1. The van der Waals surface area contributed by atoms with E-state index in [9.17, 15) is 13.5 Å². The number of aryl methyl sites for hydroxylation is 1. The smallest absolute Gasteiger partial charge is 0.276 e. The number of rotatable bonds is 4. The highest BCUT2D eigenvalue weighted by atomic mass is 32.2. The molecule has 0 aliphatic heterocycles. The van der Waals surface area contributed by atoms with Crippen molar-refractivity contribution in [3.63, 3.8) is 0 Å². The first-order valence-corrected chi connectivity index (χ1v) is 14.5. The number of nitrogens with zero attached hydrogens (tertiary/aromatic N) is 1. The minimum absolute atomic E-state index is 0.164. The average Bonchev–Trinajstić information content (AvgIpc) is 3.15. The molecule has 3 fully saturated rings. The predicted octanol–water partition coefficient (Wildman–Crippen LogP) is 5.59. The Morgan fingerprint density at radius 1 is 1.06 bits per heavy atom. The first-order valence-electron chi connectivity index (χ1n) is 13.0. The summed E-state index contributed by atoms with van der Waals surface area (Å²) in [4.78, 5) is 2.77. The van der Waals surface area contributed by atoms with Crippen LogP contribution in [0.4, 0.5) is 0 Å². The second kappa shape index (κ2) is 8.48. The molecule has 0 spiro atoms. The Hall–Kier alpha value is -1.66. The zero-order chi connectivity index (χ0) is 24.3. The van der Waals surface area contributed by atoms with Crippen molar-refractivity contribution < 1.29 is 13.5 Å². The summed E-state index contributed by atoms with van der Waals surface area (Å²) in [5, 5.41) is 14.7. The van der Waals surface area contributed by atoms with Gasteiger partial charge in [0, 0.05) is 11.6 Å². The fraction of sp³-hybridized carbons (Fsp3) is 0.679. The number of aliphatic hydroxyl groups is 1. The zero-order valence-electron chi connectivity index (χ0n) is 21.0. The van der Waals surface area contributed by atoms with E-state index >= 15 is 0 Å². The lowest BCUT2D eigenvalue weighted by molar-refractivity contribution is -0.0423. The summed E-state index contributed by atoms with van der Waals surface area (Å²) < 4.78 is 25.5. The number of hydrogen-bond acceptors (Lipinski definition) is 4. The first-order chi connectivity index (χ1) is 16.0. The lowest BCUT2D eigenvalue weighted by atomic mass is 9.47. The summed E-state index contributed by atoms with van der Waals surface area (Å²) in [7, 11) is -3.66. The molecule has 7 unspecified atom stereocenters. The highest BCUT2D eigenvalue weighted by Crippen LogP contribution is 2.66. The molecule has 0 aromatic heterocycles. The number of hydrazone groups is 1. The van der Waals surface area contributed by atoms with E-state index in [1.54, 1.807) is 12.1 Å². The van der Waals surface area contributed by atoms with Gasteiger partial charge in [-0.2, -0.15) is 13.5 Å². The summed E-state index contributed by atoms with van der Waals surface area (Å²) in [6.45, 7) is 8.85. The molecule has 4 aliphatic rings. The van der Waals surface area contributed by atoms with Crippen LogP contribution in [-0.2, 0) is 10.0 Å². The van der Waals surface area contributed by atoms with Crippen molar-refractivity contribution in [2.45, 2.75) is 90.1 Å². The van der Waals surface area contributed by atoms with Crippen LogP contribution < -0.4 is 4.83 Å². The van der Waals surface area contributed by atoms with Crippen LogP contribution in [-0.4, -0.2) is 25.3 Å². The van der Waals surface area contributed by atoms with Crippen molar-refractivity contribution in [1.29, 1.82) is 0 Å². The van der Waals surface area contributed by atoms with E-state index in [2.05, 4.69) is 29.9 Å². The molecule has 186 valence electrons. The van der Waals surface area contributed by atoms with Gasteiger partial charge in [0.25, 0.3) is 10.0 Å². The van der Waals surface area contributed by atoms with E-state index in [-0.39, 0.29) is 21.8 Å². The van der Waals surface area contributed by atoms with Crippen molar-refractivity contribution in [2.24, 2.45) is 39.6 Å². The molecule has 5 rings (SSSR count). The summed E-state index contributed by atoms with van der Waals surface area (Å²) >= 11 is 0. The lowest BCUT2D eigenvalue weighted by Gasteiger charge is -2.58. The Labute approximate surface area is 205 Å². The van der Waals surface area contributed by atoms with Crippen LogP contribution in [0.5, 0.6) is 0 Å². The number of fused-ring (bicyclic) bond motifs is 5. The second-order valence-corrected chi connectivity index (χ2v) is 13.7. The molecule has 5 nitrogen and oxygen atoms in total. The van der Waals surface area contributed by atoms with Crippen molar-refractivity contribution >= 4 is 15.7 Å². The van der Waals surface area contributed by atoms with Crippen LogP contribution in [0, 0.1) is 41.4 Å². The fourth-order valence-electron chi connectivity index (χ4n) is 8.31. The van der Waals surface area contributed by atoms with Gasteiger partial charge >= 0.3 is 0 Å². The highest BCUT2D eigenvalue weighted by Gasteiger charge is 2.59. The number of nitrogens with one attached hydrogen (secondary N) is 1. The molecule has 34 heavy (non-hydrogen) atoms. The van der Waals surface area contributed by atoms with Gasteiger partial charge in [0.1, 0.15) is 0 Å². The van der Waals surface area contributed by atoms with E-state index in [1.165, 1.54) is 24.8 Å². The molecule has 2 N–H and O–H groups in total. The number of allylic oxidation sites excluding steroid dienone is 1. The Bertz CT molecular complexity index is 1110. The predicted molar refractivity (Wildman–Crippen MR) is 136 cm³/mol. The molecule has 6 heteroatoms. The van der Waals surface area contributed by atoms with E-state index < -0.39 is 10.0 Å². The second-order valence-electron chi connectivity index (χ2n) is 12.0. The van der Waals surface area contributed by atoms with Crippen LogP contribution in [0.15, 0.2) is 45.9 Å². The quantitative estimate of drug-likeness (QED) is 0.332. The van der Waals surface area contributed by atoms with Crippen molar-refractivity contribution in [3.05, 3.63) is 41.5 Å². The van der Waals surface area contributed by atoms with Crippen LogP contribution in [0.1, 0.15) is 77.7 Å². The van der Waals surface area contributed by atoms with Crippen LogP contribution in [0.3, 0.4) is 0 Å². The summed E-state index contributed by atoms with van der Waals surface area (Å²) in [6, 6.07) is 6.88. The Morgan fingerprint density at radius 3 is 2.53 bits per heavy atom. The van der Waals surface area contributed by atoms with Gasteiger partial charge in [0.15, 0.2) is 0 Å². The van der Waals surface area contributed by atoms with Crippen molar-refractivity contribution in [1.82, 2.24) is 4.83 Å².